The third-order valence-electron chi connectivity index (χ3n) is 14.2. The van der Waals surface area contributed by atoms with Crippen molar-refractivity contribution in [2.24, 2.45) is 23.7 Å². The smallest absolute Gasteiger partial charge is 0.162 e. The molecule has 0 spiro atoms. The molecule has 0 bridgehead atoms. The summed E-state index contributed by atoms with van der Waals surface area (Å²) < 4.78 is 6.67. The quantitative estimate of drug-likeness (QED) is 0.0381. The Kier molecular flexibility index (Phi) is 24.7. The minimum absolute atomic E-state index is 0. The van der Waals surface area contributed by atoms with Crippen molar-refractivity contribution >= 4 is 81.6 Å². The monoisotopic (exact) mass is 1380 g/mol. The van der Waals surface area contributed by atoms with Crippen LogP contribution in [0.5, 0.6) is 0 Å². The van der Waals surface area contributed by atoms with Crippen LogP contribution in [0, 0.1) is 35.8 Å². The molecule has 0 aliphatic rings. The van der Waals surface area contributed by atoms with Crippen LogP contribution in [0.15, 0.2) is 113 Å². The Hall–Kier alpha value is -4.27. The molecule has 0 aliphatic heterocycles. The Balaban J connectivity index is 0.000000366. The molecule has 0 fully saturated rings. The molecule has 398 valence electrons. The molecule has 7 rings (SSSR count). The number of hydrogen-bond donors (Lipinski definition) is 2. The van der Waals surface area contributed by atoms with Crippen molar-refractivity contribution in [2.75, 3.05) is 0 Å². The number of rotatable bonds is 18. The Bertz CT molecular complexity index is 2790. The Morgan fingerprint density at radius 1 is 0.507 bits per heavy atom. The van der Waals surface area contributed by atoms with Crippen molar-refractivity contribution in [3.8, 4) is 22.5 Å². The predicted octanol–water partition coefficient (Wildman–Crippen LogP) is 16.4. The van der Waals surface area contributed by atoms with Gasteiger partial charge in [0.25, 0.3) is 0 Å². The first-order valence-electron chi connectivity index (χ1n) is 26.2. The van der Waals surface area contributed by atoms with E-state index in [1.807, 2.05) is 79.9 Å². The maximum absolute atomic E-state index is 11.7. The molecule has 0 saturated heterocycles. The standard InChI is InChI=1S/C36H32N2OSi2.2C13H24O2.2Pt/c1-40(2,3)27-15-13-23-21-37-33(19-25(23)17-27)31-11-7-9-29-30-10-8-12-32(36(30)39-35(29)31)34-20-26-18-28(41(4,5)6)16-14-24(26)22-38-34;2*1-5-10(6-2)12(14)9-13(15)11(7-3)8-4;;/h7-10,13-22H,1-6H3;2*9-11,14H,5-8H2,1-4H3;;/q-2;;;;/b;2*12-9-;;. The fourth-order valence-corrected chi connectivity index (χ4v) is 11.5. The average molecular weight is 1380 g/mol. The summed E-state index contributed by atoms with van der Waals surface area (Å²) in [5.41, 5.74) is 5.05. The number of furan rings is 1. The number of carbonyl (C=O) groups excluding carboxylic acids is 2. The first-order chi connectivity index (χ1) is 33.8. The van der Waals surface area contributed by atoms with E-state index in [0.717, 1.165) is 107 Å². The molecule has 0 amide bonds. The van der Waals surface area contributed by atoms with Gasteiger partial charge in [-0.05, 0) is 84.3 Å². The Morgan fingerprint density at radius 3 is 1.14 bits per heavy atom. The van der Waals surface area contributed by atoms with Crippen LogP contribution in [-0.4, -0.2) is 47.9 Å². The number of fused-ring (bicyclic) bond motifs is 5. The van der Waals surface area contributed by atoms with Gasteiger partial charge in [0.2, 0.25) is 0 Å². The molecule has 7 aromatic rings. The van der Waals surface area contributed by atoms with E-state index in [9.17, 15) is 19.8 Å². The van der Waals surface area contributed by atoms with E-state index in [-0.39, 0.29) is 88.9 Å². The molecule has 7 nitrogen and oxygen atoms in total. The number of ketones is 2. The minimum Gasteiger partial charge on any atom is -0.545 e. The van der Waals surface area contributed by atoms with Gasteiger partial charge >= 0.3 is 0 Å². The molecule has 0 saturated carbocycles. The van der Waals surface area contributed by atoms with Crippen LogP contribution in [0.4, 0.5) is 0 Å². The molecule has 0 unspecified atom stereocenters. The molecular weight excluding hydrogens is 1300 g/mol. The van der Waals surface area contributed by atoms with Gasteiger partial charge in [-0.3, -0.25) is 9.59 Å². The molecule has 3 heterocycles. The maximum Gasteiger partial charge on any atom is 0.162 e. The number of benzene rings is 4. The van der Waals surface area contributed by atoms with Gasteiger partial charge in [0, 0.05) is 102 Å². The molecule has 11 heteroatoms. The van der Waals surface area contributed by atoms with Gasteiger partial charge in [0.15, 0.2) is 11.6 Å². The zero-order valence-corrected chi connectivity index (χ0v) is 52.4. The van der Waals surface area contributed by atoms with Crippen molar-refractivity contribution in [2.45, 2.75) is 146 Å². The van der Waals surface area contributed by atoms with Gasteiger partial charge in [-0.25, -0.2) is 0 Å². The number of allylic oxidation sites excluding steroid dienone is 4. The van der Waals surface area contributed by atoms with E-state index in [0.29, 0.717) is 0 Å². The fraction of sp³-hybridized carbons (Fsp3) is 0.419. The summed E-state index contributed by atoms with van der Waals surface area (Å²) in [7, 11) is -2.87. The molecular formula is C62H80N2O5Pt2Si2-2. The van der Waals surface area contributed by atoms with Crippen LogP contribution >= 0.6 is 0 Å². The van der Waals surface area contributed by atoms with Gasteiger partial charge in [-0.2, -0.15) is 0 Å². The third-order valence-corrected chi connectivity index (χ3v) is 18.3. The fourth-order valence-electron chi connectivity index (χ4n) is 9.13. The molecule has 4 aromatic carbocycles. The number of aliphatic hydroxyl groups excluding tert-OH is 2. The second kappa shape index (κ2) is 28.6. The summed E-state index contributed by atoms with van der Waals surface area (Å²) in [5, 5.41) is 29.2. The van der Waals surface area contributed by atoms with Crippen molar-refractivity contribution in [1.82, 2.24) is 9.97 Å². The van der Waals surface area contributed by atoms with Crippen LogP contribution in [0.2, 0.25) is 39.3 Å². The molecule has 0 atom stereocenters. The minimum atomic E-state index is -1.44. The number of hydrogen-bond acceptors (Lipinski definition) is 7. The summed E-state index contributed by atoms with van der Waals surface area (Å²) in [4.78, 5) is 33.1. The third kappa shape index (κ3) is 15.9. The second-order valence-electron chi connectivity index (χ2n) is 21.1. The summed E-state index contributed by atoms with van der Waals surface area (Å²) in [6.07, 6.45) is 13.7. The van der Waals surface area contributed by atoms with Gasteiger partial charge in [0.1, 0.15) is 0 Å². The van der Waals surface area contributed by atoms with Crippen LogP contribution in [0.3, 0.4) is 0 Å². The number of aromatic nitrogens is 2. The van der Waals surface area contributed by atoms with Crippen LogP contribution in [0.1, 0.15) is 107 Å². The number of aliphatic hydroxyl groups is 2. The Labute approximate surface area is 467 Å². The summed E-state index contributed by atoms with van der Waals surface area (Å²) in [5.74, 6) is 1.09. The predicted molar refractivity (Wildman–Crippen MR) is 307 cm³/mol. The maximum atomic E-state index is 11.7. The van der Waals surface area contributed by atoms with Gasteiger partial charge in [0.05, 0.1) is 27.7 Å². The van der Waals surface area contributed by atoms with E-state index < -0.39 is 16.1 Å². The van der Waals surface area contributed by atoms with Crippen LogP contribution in [0.25, 0.3) is 66.0 Å². The van der Waals surface area contributed by atoms with Crippen molar-refractivity contribution in [1.29, 1.82) is 0 Å². The first-order valence-corrected chi connectivity index (χ1v) is 33.2. The van der Waals surface area contributed by atoms with E-state index >= 15 is 0 Å². The zero-order valence-electron chi connectivity index (χ0n) is 45.8. The van der Waals surface area contributed by atoms with Crippen molar-refractivity contribution < 1.29 is 66.3 Å². The summed E-state index contributed by atoms with van der Waals surface area (Å²) in [6, 6.07) is 32.9. The molecule has 0 radical (unpaired) electrons. The van der Waals surface area contributed by atoms with Gasteiger partial charge in [-0.15, -0.1) is 36.4 Å². The average Bonchev–Trinajstić information content (AvgIpc) is 3.74. The SMILES string of the molecule is CCC(CC)C(=O)/C=C(\O)C(CC)CC.CCC(CC)C(=O)/C=C(\O)C(CC)CC.C[Si](C)(C)c1ccc2cnc(-c3[c-]ccc4c3oc3c(-c5cc6cc([Si](C)(C)C)ccc6cn5)[c-]ccc34)cc2c1.[Pt].[Pt]. The summed E-state index contributed by atoms with van der Waals surface area (Å²) >= 11 is 0. The van der Waals surface area contributed by atoms with E-state index in [1.54, 1.807) is 0 Å². The first kappa shape index (κ1) is 63.0. The van der Waals surface area contributed by atoms with Gasteiger partial charge < -0.3 is 24.6 Å². The van der Waals surface area contributed by atoms with E-state index in [4.69, 9.17) is 14.4 Å². The van der Waals surface area contributed by atoms with E-state index in [2.05, 4.69) is 112 Å². The number of nitrogens with zero attached hydrogens (tertiary/aromatic N) is 2. The molecule has 0 aliphatic carbocycles. The summed E-state index contributed by atoms with van der Waals surface area (Å²) in [6.45, 7) is 30.4. The molecule has 2 N–H and O–H groups in total. The van der Waals surface area contributed by atoms with Crippen molar-refractivity contribution in [3.63, 3.8) is 0 Å². The largest absolute Gasteiger partial charge is 0.545 e. The number of pyridine rings is 2. The topological polar surface area (TPSA) is 114 Å². The van der Waals surface area contributed by atoms with Crippen LogP contribution < -0.4 is 10.4 Å². The van der Waals surface area contributed by atoms with E-state index in [1.165, 1.54) is 33.3 Å². The second-order valence-corrected chi connectivity index (χ2v) is 31.2. The Morgan fingerprint density at radius 2 is 0.836 bits per heavy atom. The normalized spacial score (nSPS) is 12.2. The number of carbonyl (C=O) groups is 2. The zero-order chi connectivity index (χ0) is 52.2. The molecule has 3 aromatic heterocycles. The van der Waals surface area contributed by atoms with Crippen LogP contribution in [-0.2, 0) is 51.7 Å². The van der Waals surface area contributed by atoms with Crippen molar-refractivity contribution in [3.05, 3.63) is 121 Å². The molecule has 73 heavy (non-hydrogen) atoms. The van der Waals surface area contributed by atoms with Gasteiger partial charge in [-0.1, -0.05) is 175 Å².